The molecular weight excluding hydrogens is 504 g/mol. The topological polar surface area (TPSA) is 53.0 Å². The summed E-state index contributed by atoms with van der Waals surface area (Å²) in [7, 11) is 7.30. The van der Waals surface area contributed by atoms with Crippen LogP contribution in [0.15, 0.2) is 28.6 Å². The zero-order chi connectivity index (χ0) is 20.7. The highest BCUT2D eigenvalue weighted by Crippen LogP contribution is 2.21. The molecule has 1 N–H and O–H groups in total. The van der Waals surface area contributed by atoms with Crippen LogP contribution in [0, 0.1) is 5.82 Å². The number of guanidine groups is 1. The van der Waals surface area contributed by atoms with Crippen molar-refractivity contribution < 1.29 is 9.13 Å². The van der Waals surface area contributed by atoms with E-state index in [9.17, 15) is 4.39 Å². The Morgan fingerprint density at radius 2 is 2.07 bits per heavy atom. The van der Waals surface area contributed by atoms with Gasteiger partial charge in [-0.15, -0.1) is 35.3 Å². The molecule has 0 saturated heterocycles. The van der Waals surface area contributed by atoms with Crippen molar-refractivity contribution >= 4 is 47.0 Å². The van der Waals surface area contributed by atoms with Gasteiger partial charge in [0.2, 0.25) is 0 Å². The van der Waals surface area contributed by atoms with E-state index >= 15 is 0 Å². The van der Waals surface area contributed by atoms with Gasteiger partial charge < -0.3 is 19.9 Å². The summed E-state index contributed by atoms with van der Waals surface area (Å²) in [6.07, 6.45) is -0.00834. The molecule has 162 valence electrons. The number of halogens is 2. The molecule has 0 amide bonds. The molecule has 29 heavy (non-hydrogen) atoms. The zero-order valence-electron chi connectivity index (χ0n) is 17.9. The number of rotatable bonds is 8. The number of methoxy groups -OCH3 is 1. The van der Waals surface area contributed by atoms with Crippen molar-refractivity contribution in [2.24, 2.45) is 4.99 Å². The number of aliphatic imine (C=N–C) groups is 1. The Bertz CT molecular complexity index is 799. The maximum Gasteiger partial charge on any atom is 0.194 e. The highest BCUT2D eigenvalue weighted by molar-refractivity contribution is 14.0. The summed E-state index contributed by atoms with van der Waals surface area (Å²) in [4.78, 5) is 13.1. The molecule has 0 bridgehead atoms. The van der Waals surface area contributed by atoms with Crippen LogP contribution in [-0.4, -0.2) is 50.6 Å². The lowest BCUT2D eigenvalue weighted by molar-refractivity contribution is 0.119. The number of nitrogens with one attached hydrogen (secondary N) is 1. The van der Waals surface area contributed by atoms with Gasteiger partial charge in [0, 0.05) is 40.2 Å². The number of anilines is 1. The summed E-state index contributed by atoms with van der Waals surface area (Å²) >= 11 is 1.60. The third-order valence-corrected chi connectivity index (χ3v) is 5.33. The lowest BCUT2D eigenvalue weighted by Gasteiger charge is -2.21. The minimum Gasteiger partial charge on any atom is -0.375 e. The van der Waals surface area contributed by atoms with E-state index in [1.807, 2.05) is 51.3 Å². The van der Waals surface area contributed by atoms with Gasteiger partial charge in [-0.3, -0.25) is 0 Å². The van der Waals surface area contributed by atoms with Gasteiger partial charge in [0.25, 0.3) is 0 Å². The van der Waals surface area contributed by atoms with E-state index in [0.29, 0.717) is 18.8 Å². The third kappa shape index (κ3) is 7.38. The van der Waals surface area contributed by atoms with Crippen molar-refractivity contribution in [2.45, 2.75) is 33.0 Å². The Morgan fingerprint density at radius 1 is 1.34 bits per heavy atom. The van der Waals surface area contributed by atoms with Crippen LogP contribution in [0.25, 0.3) is 0 Å². The molecule has 0 aliphatic carbocycles. The molecule has 9 heteroatoms. The number of aromatic nitrogens is 1. The van der Waals surface area contributed by atoms with E-state index in [0.717, 1.165) is 28.8 Å². The van der Waals surface area contributed by atoms with Crippen LogP contribution in [0.5, 0.6) is 0 Å². The maximum absolute atomic E-state index is 14.2. The highest BCUT2D eigenvalue weighted by Gasteiger charge is 2.13. The van der Waals surface area contributed by atoms with Crippen molar-refractivity contribution in [2.75, 3.05) is 39.7 Å². The molecule has 0 radical (unpaired) electrons. The molecule has 0 fully saturated rings. The van der Waals surface area contributed by atoms with Crippen LogP contribution < -0.4 is 10.2 Å². The van der Waals surface area contributed by atoms with E-state index in [-0.39, 0.29) is 35.9 Å². The minimum absolute atomic E-state index is 0. The Hall–Kier alpha value is -1.46. The van der Waals surface area contributed by atoms with Gasteiger partial charge in [0.05, 0.1) is 24.5 Å². The first-order chi connectivity index (χ1) is 13.3. The van der Waals surface area contributed by atoms with Crippen LogP contribution in [0.3, 0.4) is 0 Å². The molecule has 1 aromatic heterocycles. The molecule has 0 aliphatic rings. The van der Waals surface area contributed by atoms with Crippen LogP contribution >= 0.6 is 35.3 Å². The van der Waals surface area contributed by atoms with Crippen LogP contribution in [-0.2, 0) is 17.8 Å². The summed E-state index contributed by atoms with van der Waals surface area (Å²) in [6.45, 7) is 5.79. The maximum atomic E-state index is 14.2. The molecule has 1 atom stereocenters. The van der Waals surface area contributed by atoms with E-state index in [4.69, 9.17) is 4.74 Å². The van der Waals surface area contributed by atoms with Crippen LogP contribution in [0.4, 0.5) is 10.1 Å². The molecule has 0 saturated carbocycles. The molecule has 0 aliphatic heterocycles. The Balaban J connectivity index is 0.00000420. The predicted octanol–water partition coefficient (Wildman–Crippen LogP) is 4.27. The average molecular weight is 535 g/mol. The normalized spacial score (nSPS) is 12.3. The van der Waals surface area contributed by atoms with E-state index in [1.165, 1.54) is 0 Å². The summed E-state index contributed by atoms with van der Waals surface area (Å²) < 4.78 is 19.5. The van der Waals surface area contributed by atoms with Crippen molar-refractivity contribution in [3.05, 3.63) is 45.7 Å². The monoisotopic (exact) mass is 535 g/mol. The van der Waals surface area contributed by atoms with Gasteiger partial charge in [-0.25, -0.2) is 14.4 Å². The van der Waals surface area contributed by atoms with Gasteiger partial charge in [-0.1, -0.05) is 6.07 Å². The Morgan fingerprint density at radius 3 is 2.66 bits per heavy atom. The molecule has 1 aromatic carbocycles. The minimum atomic E-state index is -0.238. The molecule has 1 unspecified atom stereocenters. The highest BCUT2D eigenvalue weighted by atomic mass is 127. The summed E-state index contributed by atoms with van der Waals surface area (Å²) in [5.41, 5.74) is 2.37. The molecule has 0 spiro atoms. The van der Waals surface area contributed by atoms with Gasteiger partial charge in [0.1, 0.15) is 16.9 Å². The second-order valence-corrected chi connectivity index (χ2v) is 7.65. The fraction of sp³-hybridized carbons (Fsp3) is 0.500. The summed E-state index contributed by atoms with van der Waals surface area (Å²) in [6, 6.07) is 5.23. The van der Waals surface area contributed by atoms with E-state index in [2.05, 4.69) is 15.3 Å². The fourth-order valence-electron chi connectivity index (χ4n) is 2.65. The van der Waals surface area contributed by atoms with Crippen molar-refractivity contribution in [3.8, 4) is 0 Å². The number of hydrogen-bond donors (Lipinski definition) is 1. The van der Waals surface area contributed by atoms with Crippen LogP contribution in [0.2, 0.25) is 0 Å². The first-order valence-electron chi connectivity index (χ1n) is 9.28. The average Bonchev–Trinajstić information content (AvgIpc) is 3.12. The van der Waals surface area contributed by atoms with Crippen LogP contribution in [0.1, 0.15) is 36.2 Å². The molecule has 1 heterocycles. The van der Waals surface area contributed by atoms with E-state index < -0.39 is 0 Å². The number of ether oxygens (including phenoxy) is 1. The summed E-state index contributed by atoms with van der Waals surface area (Å²) in [5, 5.41) is 6.29. The van der Waals surface area contributed by atoms with Gasteiger partial charge in [-0.2, -0.15) is 0 Å². The molecule has 2 rings (SSSR count). The lowest BCUT2D eigenvalue weighted by Crippen LogP contribution is -2.38. The summed E-state index contributed by atoms with van der Waals surface area (Å²) in [5.74, 6) is 0.521. The standard InChI is InChI=1S/C20H30FN5OS.HI/c1-7-22-20(23-11-15-8-9-18(25(3)4)17(21)10-15)26(5)12-16-13-28-19(24-16)14(2)27-6;/h8-10,13-14H,7,11-12H2,1-6H3,(H,22,23);1H. The van der Waals surface area contributed by atoms with E-state index in [1.54, 1.807) is 35.5 Å². The number of thiazole rings is 1. The first kappa shape index (κ1) is 25.6. The third-order valence-electron chi connectivity index (χ3n) is 4.27. The Labute approximate surface area is 194 Å². The number of hydrogen-bond acceptors (Lipinski definition) is 5. The number of benzene rings is 1. The second-order valence-electron chi connectivity index (χ2n) is 6.76. The molecule has 6 nitrogen and oxygen atoms in total. The zero-order valence-corrected chi connectivity index (χ0v) is 21.0. The SMILES string of the molecule is CCNC(=NCc1ccc(N(C)C)c(F)c1)N(C)Cc1csc(C(C)OC)n1.I. The van der Waals surface area contributed by atoms with Gasteiger partial charge in [0.15, 0.2) is 5.96 Å². The number of nitrogens with zero attached hydrogens (tertiary/aromatic N) is 4. The predicted molar refractivity (Wildman–Crippen MR) is 130 cm³/mol. The second kappa shape index (κ2) is 12.3. The van der Waals surface area contributed by atoms with Crippen molar-refractivity contribution in [1.82, 2.24) is 15.2 Å². The first-order valence-corrected chi connectivity index (χ1v) is 10.2. The quantitative estimate of drug-likeness (QED) is 0.311. The van der Waals surface area contributed by atoms with Crippen molar-refractivity contribution in [1.29, 1.82) is 0 Å². The Kier molecular flexibility index (Phi) is 10.8. The lowest BCUT2D eigenvalue weighted by atomic mass is 10.2. The van der Waals surface area contributed by atoms with Crippen molar-refractivity contribution in [3.63, 3.8) is 0 Å². The smallest absolute Gasteiger partial charge is 0.194 e. The fourth-order valence-corrected chi connectivity index (χ4v) is 3.49. The van der Waals surface area contributed by atoms with Gasteiger partial charge in [-0.05, 0) is 31.5 Å². The molecule has 2 aromatic rings. The largest absolute Gasteiger partial charge is 0.375 e. The molecular formula is C20H31FIN5OS. The van der Waals surface area contributed by atoms with Gasteiger partial charge >= 0.3 is 0 Å².